The number of rotatable bonds is 6. The molecule has 0 atom stereocenters. The predicted octanol–water partition coefficient (Wildman–Crippen LogP) is 2.41. The Morgan fingerprint density at radius 1 is 1.04 bits per heavy atom. The van der Waals surface area contributed by atoms with Gasteiger partial charge in [-0.05, 0) is 24.3 Å². The normalized spacial score (nSPS) is 9.96. The van der Waals surface area contributed by atoms with E-state index < -0.39 is 0 Å². The van der Waals surface area contributed by atoms with Crippen molar-refractivity contribution in [2.24, 2.45) is 0 Å². The van der Waals surface area contributed by atoms with E-state index in [0.717, 1.165) is 0 Å². The van der Waals surface area contributed by atoms with E-state index in [2.05, 4.69) is 5.32 Å². The third-order valence-corrected chi connectivity index (χ3v) is 3.42. The highest BCUT2D eigenvalue weighted by atomic mass is 16.5. The molecule has 2 aromatic carbocycles. The number of amides is 2. The number of methoxy groups -OCH3 is 2. The van der Waals surface area contributed by atoms with Gasteiger partial charge in [-0.15, -0.1) is 0 Å². The van der Waals surface area contributed by atoms with Crippen LogP contribution in [0.2, 0.25) is 0 Å². The molecule has 0 unspecified atom stereocenters. The molecule has 126 valence electrons. The topological polar surface area (TPSA) is 67.9 Å². The van der Waals surface area contributed by atoms with Crippen molar-refractivity contribution in [1.29, 1.82) is 0 Å². The summed E-state index contributed by atoms with van der Waals surface area (Å²) in [6, 6.07) is 13.9. The number of para-hydroxylation sites is 1. The Hall–Kier alpha value is -3.02. The molecule has 6 heteroatoms. The summed E-state index contributed by atoms with van der Waals surface area (Å²) in [6.45, 7) is -0.0753. The number of nitrogens with zero attached hydrogens (tertiary/aromatic N) is 1. The van der Waals surface area contributed by atoms with Crippen LogP contribution in [-0.2, 0) is 4.79 Å². The van der Waals surface area contributed by atoms with Crippen LogP contribution in [-0.4, -0.2) is 44.5 Å². The summed E-state index contributed by atoms with van der Waals surface area (Å²) in [7, 11) is 4.63. The lowest BCUT2D eigenvalue weighted by atomic mass is 10.2. The Bertz CT molecular complexity index is 730. The SMILES string of the molecule is COc1cccc(NC(=O)CN(C)C(=O)c2ccccc2OC)c1. The monoisotopic (exact) mass is 328 g/mol. The maximum Gasteiger partial charge on any atom is 0.257 e. The zero-order valence-corrected chi connectivity index (χ0v) is 13.9. The van der Waals surface area contributed by atoms with Crippen molar-refractivity contribution in [2.75, 3.05) is 33.1 Å². The lowest BCUT2D eigenvalue weighted by Crippen LogP contribution is -2.35. The number of hydrogen-bond acceptors (Lipinski definition) is 4. The van der Waals surface area contributed by atoms with Crippen molar-refractivity contribution in [3.63, 3.8) is 0 Å². The van der Waals surface area contributed by atoms with Crippen molar-refractivity contribution in [2.45, 2.75) is 0 Å². The van der Waals surface area contributed by atoms with Gasteiger partial charge in [-0.3, -0.25) is 9.59 Å². The summed E-state index contributed by atoms with van der Waals surface area (Å²) in [4.78, 5) is 25.9. The smallest absolute Gasteiger partial charge is 0.257 e. The fourth-order valence-electron chi connectivity index (χ4n) is 2.22. The first-order valence-corrected chi connectivity index (χ1v) is 7.37. The van der Waals surface area contributed by atoms with Gasteiger partial charge in [-0.25, -0.2) is 0 Å². The van der Waals surface area contributed by atoms with Crippen LogP contribution in [0.1, 0.15) is 10.4 Å². The van der Waals surface area contributed by atoms with Crippen molar-refractivity contribution < 1.29 is 19.1 Å². The predicted molar refractivity (Wildman–Crippen MR) is 91.6 cm³/mol. The number of nitrogens with one attached hydrogen (secondary N) is 1. The van der Waals surface area contributed by atoms with Crippen LogP contribution < -0.4 is 14.8 Å². The van der Waals surface area contributed by atoms with E-state index in [1.54, 1.807) is 62.7 Å². The highest BCUT2D eigenvalue weighted by molar-refractivity contribution is 6.00. The zero-order valence-electron chi connectivity index (χ0n) is 13.9. The number of anilines is 1. The Kier molecular flexibility index (Phi) is 5.78. The summed E-state index contributed by atoms with van der Waals surface area (Å²) in [5.74, 6) is 0.538. The highest BCUT2D eigenvalue weighted by Crippen LogP contribution is 2.19. The van der Waals surface area contributed by atoms with Crippen LogP contribution in [0.15, 0.2) is 48.5 Å². The minimum absolute atomic E-state index is 0.0753. The lowest BCUT2D eigenvalue weighted by Gasteiger charge is -2.18. The Labute approximate surface area is 141 Å². The molecule has 0 saturated carbocycles. The van der Waals surface area contributed by atoms with Crippen LogP contribution in [0, 0.1) is 0 Å². The fourth-order valence-corrected chi connectivity index (χ4v) is 2.22. The van der Waals surface area contributed by atoms with Gasteiger partial charge in [0, 0.05) is 18.8 Å². The molecule has 0 bridgehead atoms. The summed E-state index contributed by atoms with van der Waals surface area (Å²) in [5, 5.41) is 2.74. The quantitative estimate of drug-likeness (QED) is 0.884. The molecule has 0 aromatic heterocycles. The molecule has 0 fully saturated rings. The van der Waals surface area contributed by atoms with Gasteiger partial charge in [0.2, 0.25) is 5.91 Å². The molecule has 0 aliphatic heterocycles. The number of hydrogen-bond donors (Lipinski definition) is 1. The van der Waals surface area contributed by atoms with E-state index in [9.17, 15) is 9.59 Å². The molecule has 2 rings (SSSR count). The zero-order chi connectivity index (χ0) is 17.5. The molecule has 0 saturated heterocycles. The van der Waals surface area contributed by atoms with Gasteiger partial charge in [-0.2, -0.15) is 0 Å². The van der Waals surface area contributed by atoms with Crippen molar-refractivity contribution in [3.05, 3.63) is 54.1 Å². The number of benzene rings is 2. The van der Waals surface area contributed by atoms with Crippen molar-refractivity contribution in [3.8, 4) is 11.5 Å². The van der Waals surface area contributed by atoms with Gasteiger partial charge in [-0.1, -0.05) is 18.2 Å². The number of carbonyl (C=O) groups excluding carboxylic acids is 2. The second kappa shape index (κ2) is 8.01. The summed E-state index contributed by atoms with van der Waals surface area (Å²) in [6.07, 6.45) is 0. The van der Waals surface area contributed by atoms with E-state index >= 15 is 0 Å². The Morgan fingerprint density at radius 3 is 2.50 bits per heavy atom. The molecular formula is C18H20N2O4. The van der Waals surface area contributed by atoms with Gasteiger partial charge in [0.05, 0.1) is 26.3 Å². The first kappa shape index (κ1) is 17.3. The minimum atomic E-state index is -0.297. The third kappa shape index (κ3) is 4.25. The Morgan fingerprint density at radius 2 is 1.79 bits per heavy atom. The molecule has 0 radical (unpaired) electrons. The largest absolute Gasteiger partial charge is 0.497 e. The van der Waals surface area contributed by atoms with E-state index in [-0.39, 0.29) is 18.4 Å². The van der Waals surface area contributed by atoms with Gasteiger partial charge in [0.15, 0.2) is 0 Å². The van der Waals surface area contributed by atoms with Gasteiger partial charge < -0.3 is 19.7 Å². The van der Waals surface area contributed by atoms with Crippen LogP contribution >= 0.6 is 0 Å². The fraction of sp³-hybridized carbons (Fsp3) is 0.222. The molecule has 2 aromatic rings. The standard InChI is InChI=1S/C18H20N2O4/c1-20(18(22)15-9-4-5-10-16(15)24-3)12-17(21)19-13-7-6-8-14(11-13)23-2/h4-11H,12H2,1-3H3,(H,19,21). The molecule has 24 heavy (non-hydrogen) atoms. The molecular weight excluding hydrogens is 308 g/mol. The highest BCUT2D eigenvalue weighted by Gasteiger charge is 2.18. The average molecular weight is 328 g/mol. The van der Waals surface area contributed by atoms with Gasteiger partial charge >= 0.3 is 0 Å². The van der Waals surface area contributed by atoms with Crippen LogP contribution in [0.5, 0.6) is 11.5 Å². The van der Waals surface area contributed by atoms with E-state index in [1.165, 1.54) is 12.0 Å². The lowest BCUT2D eigenvalue weighted by molar-refractivity contribution is -0.116. The first-order valence-electron chi connectivity index (χ1n) is 7.37. The van der Waals surface area contributed by atoms with Crippen LogP contribution in [0.25, 0.3) is 0 Å². The summed E-state index contributed by atoms with van der Waals surface area (Å²) >= 11 is 0. The first-order chi connectivity index (χ1) is 11.5. The van der Waals surface area contributed by atoms with Crippen LogP contribution in [0.3, 0.4) is 0 Å². The molecule has 0 spiro atoms. The van der Waals surface area contributed by atoms with E-state index in [1.807, 2.05) is 0 Å². The number of likely N-dealkylation sites (N-methyl/N-ethyl adjacent to an activating group) is 1. The molecule has 0 aliphatic rings. The molecule has 0 aliphatic carbocycles. The van der Waals surface area contributed by atoms with Crippen molar-refractivity contribution in [1.82, 2.24) is 4.90 Å². The second-order valence-corrected chi connectivity index (χ2v) is 5.14. The summed E-state index contributed by atoms with van der Waals surface area (Å²) in [5.41, 5.74) is 1.02. The van der Waals surface area contributed by atoms with Crippen LogP contribution in [0.4, 0.5) is 5.69 Å². The van der Waals surface area contributed by atoms with Gasteiger partial charge in [0.1, 0.15) is 11.5 Å². The molecule has 2 amide bonds. The van der Waals surface area contributed by atoms with E-state index in [4.69, 9.17) is 9.47 Å². The number of ether oxygens (including phenoxy) is 2. The minimum Gasteiger partial charge on any atom is -0.497 e. The maximum atomic E-state index is 12.5. The van der Waals surface area contributed by atoms with E-state index in [0.29, 0.717) is 22.7 Å². The molecule has 0 heterocycles. The molecule has 6 nitrogen and oxygen atoms in total. The third-order valence-electron chi connectivity index (χ3n) is 3.42. The maximum absolute atomic E-state index is 12.5. The second-order valence-electron chi connectivity index (χ2n) is 5.14. The summed E-state index contributed by atoms with van der Waals surface area (Å²) < 4.78 is 10.3. The van der Waals surface area contributed by atoms with Crippen molar-refractivity contribution >= 4 is 17.5 Å². The Balaban J connectivity index is 2.01. The number of carbonyl (C=O) groups is 2. The molecule has 1 N–H and O–H groups in total. The average Bonchev–Trinajstić information content (AvgIpc) is 2.60. The van der Waals surface area contributed by atoms with Gasteiger partial charge in [0.25, 0.3) is 5.91 Å².